The van der Waals surface area contributed by atoms with Crippen LogP contribution in [0.2, 0.25) is 0 Å². The van der Waals surface area contributed by atoms with Crippen molar-refractivity contribution < 1.29 is 33.1 Å². The molecule has 1 fully saturated rings. The van der Waals surface area contributed by atoms with Crippen LogP contribution in [0.1, 0.15) is 128 Å². The van der Waals surface area contributed by atoms with E-state index >= 15 is 0 Å². The normalized spacial score (nSPS) is 20.0. The van der Waals surface area contributed by atoms with Gasteiger partial charge in [-0.05, 0) is 18.9 Å². The molecule has 0 spiro atoms. The van der Waals surface area contributed by atoms with Gasteiger partial charge in [0.1, 0.15) is 12.3 Å². The number of nitrogens with one attached hydrogen (secondary N) is 1. The molecule has 4 unspecified atom stereocenters. The number of unbranched alkanes of at least 4 members (excludes halogenated alkanes) is 15. The molecule has 0 bridgehead atoms. The second kappa shape index (κ2) is 23.3. The highest BCUT2D eigenvalue weighted by Crippen LogP contribution is 2.44. The number of azide groups is 1. The van der Waals surface area contributed by atoms with Gasteiger partial charge in [0.05, 0.1) is 32.0 Å². The third-order valence-corrected chi connectivity index (χ3v) is 9.10. The number of hydrogen-bond acceptors (Lipinski definition) is 9. The summed E-state index contributed by atoms with van der Waals surface area (Å²) in [5, 5.41) is 13.7. The number of nitrogens with zero attached hydrogens (tertiary/aromatic N) is 4. The minimum atomic E-state index is -4.58. The van der Waals surface area contributed by atoms with Crippen molar-refractivity contribution in [2.75, 3.05) is 26.4 Å². The van der Waals surface area contributed by atoms with Gasteiger partial charge >= 0.3 is 13.5 Å². The molecule has 1 aromatic heterocycles. The van der Waals surface area contributed by atoms with Gasteiger partial charge in [0.15, 0.2) is 0 Å². The SMILES string of the molecule is CCCCCCCCCCCCCCCCCCOC[C@@H](O)COP(=O)(O)OCC1OC(n2cc(C)c(=O)[nH]c2=O)CC1N=[N+]=[N-]. The Kier molecular flexibility index (Phi) is 20.4. The Morgan fingerprint density at radius 3 is 2.13 bits per heavy atom. The largest absolute Gasteiger partial charge is 0.472 e. The maximum atomic E-state index is 12.4. The van der Waals surface area contributed by atoms with Gasteiger partial charge in [0, 0.05) is 29.7 Å². The van der Waals surface area contributed by atoms with E-state index in [1.807, 2.05) is 0 Å². The summed E-state index contributed by atoms with van der Waals surface area (Å²) >= 11 is 0. The number of aromatic nitrogens is 2. The van der Waals surface area contributed by atoms with E-state index in [0.717, 1.165) is 23.8 Å². The number of aliphatic hydroxyl groups excluding tert-OH is 1. The average Bonchev–Trinajstić information content (AvgIpc) is 3.42. The van der Waals surface area contributed by atoms with E-state index in [-0.39, 0.29) is 18.6 Å². The average molecular weight is 674 g/mol. The molecule has 46 heavy (non-hydrogen) atoms. The molecule has 2 heterocycles. The first kappa shape index (κ1) is 40.2. The lowest BCUT2D eigenvalue weighted by molar-refractivity contribution is -0.0328. The Labute approximate surface area is 272 Å². The molecule has 1 aliphatic rings. The first-order chi connectivity index (χ1) is 22.2. The first-order valence-corrected chi connectivity index (χ1v) is 18.6. The predicted octanol–water partition coefficient (Wildman–Crippen LogP) is 6.58. The molecular formula is C31H56N5O9P. The zero-order valence-electron chi connectivity index (χ0n) is 27.7. The van der Waals surface area contributed by atoms with E-state index in [1.165, 1.54) is 96.6 Å². The lowest BCUT2D eigenvalue weighted by Crippen LogP contribution is -2.33. The smallest absolute Gasteiger partial charge is 0.388 e. The molecule has 15 heteroatoms. The minimum absolute atomic E-state index is 0.0432. The van der Waals surface area contributed by atoms with Gasteiger partial charge < -0.3 is 19.5 Å². The molecule has 1 saturated heterocycles. The van der Waals surface area contributed by atoms with Gasteiger partial charge in [-0.15, -0.1) is 0 Å². The number of aryl methyl sites for hydroxylation is 1. The molecule has 5 atom stereocenters. The summed E-state index contributed by atoms with van der Waals surface area (Å²) in [6, 6.07) is -0.808. The van der Waals surface area contributed by atoms with Gasteiger partial charge in [-0.3, -0.25) is 23.4 Å². The number of hydrogen-bond donors (Lipinski definition) is 3. The lowest BCUT2D eigenvalue weighted by atomic mass is 10.0. The van der Waals surface area contributed by atoms with E-state index in [0.29, 0.717) is 6.61 Å². The van der Waals surface area contributed by atoms with Gasteiger partial charge in [0.2, 0.25) is 0 Å². The van der Waals surface area contributed by atoms with Crippen LogP contribution in [0.5, 0.6) is 0 Å². The third kappa shape index (κ3) is 16.7. The van der Waals surface area contributed by atoms with Crippen molar-refractivity contribution in [2.24, 2.45) is 5.11 Å². The molecule has 264 valence electrons. The van der Waals surface area contributed by atoms with E-state index in [1.54, 1.807) is 0 Å². The van der Waals surface area contributed by atoms with Crippen molar-refractivity contribution in [1.82, 2.24) is 9.55 Å². The summed E-state index contributed by atoms with van der Waals surface area (Å²) in [6.45, 7) is 3.27. The Morgan fingerprint density at radius 2 is 1.57 bits per heavy atom. The van der Waals surface area contributed by atoms with Crippen molar-refractivity contribution in [2.45, 2.75) is 147 Å². The number of rotatable bonds is 27. The Hall–Kier alpha value is -2.02. The van der Waals surface area contributed by atoms with Crippen LogP contribution in [0.15, 0.2) is 20.9 Å². The van der Waals surface area contributed by atoms with E-state index in [9.17, 15) is 24.2 Å². The zero-order valence-corrected chi connectivity index (χ0v) is 28.6. The summed E-state index contributed by atoms with van der Waals surface area (Å²) in [5.74, 6) is 0. The van der Waals surface area contributed by atoms with Crippen LogP contribution in [0.25, 0.3) is 10.4 Å². The molecule has 2 rings (SSSR count). The van der Waals surface area contributed by atoms with Gasteiger partial charge in [-0.2, -0.15) is 0 Å². The standard InChI is InChI=1S/C31H56N5O9P/c1-3-4-5-6-7-8-9-10-11-12-13-14-15-16-17-18-19-42-22-26(37)23-43-46(40,41)44-24-28-27(34-35-32)20-29(45-28)36-21-25(2)30(38)33-31(36)39/h21,26-29,37H,3-20,22-24H2,1-2H3,(H,40,41)(H,33,38,39)/t26-,27?,28?,29?/m1/s1. The summed E-state index contributed by atoms with van der Waals surface area (Å²) in [4.78, 5) is 38.9. The highest BCUT2D eigenvalue weighted by molar-refractivity contribution is 7.47. The van der Waals surface area contributed by atoms with Crippen molar-refractivity contribution in [1.29, 1.82) is 0 Å². The second-order valence-corrected chi connectivity index (χ2v) is 13.7. The molecule has 1 aromatic rings. The summed E-state index contributed by atoms with van der Waals surface area (Å²) in [6.07, 6.45) is 19.0. The summed E-state index contributed by atoms with van der Waals surface area (Å²) in [5.41, 5.74) is 7.95. The Balaban J connectivity index is 1.51. The van der Waals surface area contributed by atoms with Gasteiger partial charge in [-0.25, -0.2) is 9.36 Å². The monoisotopic (exact) mass is 673 g/mol. The quantitative estimate of drug-likeness (QED) is 0.0303. The Morgan fingerprint density at radius 1 is 1.00 bits per heavy atom. The predicted molar refractivity (Wildman–Crippen MR) is 176 cm³/mol. The van der Waals surface area contributed by atoms with Gasteiger partial charge in [0.25, 0.3) is 5.56 Å². The van der Waals surface area contributed by atoms with E-state index in [4.69, 9.17) is 24.1 Å². The van der Waals surface area contributed by atoms with E-state index in [2.05, 4.69) is 21.9 Å². The summed E-state index contributed by atoms with van der Waals surface area (Å²) < 4.78 is 34.7. The molecule has 0 radical (unpaired) electrons. The van der Waals surface area contributed by atoms with Crippen molar-refractivity contribution >= 4 is 7.82 Å². The van der Waals surface area contributed by atoms with Crippen molar-refractivity contribution in [3.63, 3.8) is 0 Å². The molecule has 0 saturated carbocycles. The fourth-order valence-electron chi connectivity index (χ4n) is 5.43. The van der Waals surface area contributed by atoms with E-state index < -0.39 is 56.8 Å². The molecule has 0 amide bonds. The van der Waals surface area contributed by atoms with Crippen molar-refractivity contribution in [3.05, 3.63) is 43.0 Å². The number of phosphoric acid groups is 1. The number of ether oxygens (including phenoxy) is 2. The molecular weight excluding hydrogens is 617 g/mol. The maximum absolute atomic E-state index is 12.4. The molecule has 0 aromatic carbocycles. The van der Waals surface area contributed by atoms with Crippen LogP contribution in [0.4, 0.5) is 0 Å². The number of phosphoric ester groups is 1. The fourth-order valence-corrected chi connectivity index (χ4v) is 6.20. The molecule has 3 N–H and O–H groups in total. The van der Waals surface area contributed by atoms with Crippen LogP contribution in [0, 0.1) is 6.92 Å². The van der Waals surface area contributed by atoms with Crippen LogP contribution >= 0.6 is 7.82 Å². The number of H-pyrrole nitrogens is 1. The number of aromatic amines is 1. The fraction of sp³-hybridized carbons (Fsp3) is 0.871. The highest BCUT2D eigenvalue weighted by atomic mass is 31.2. The van der Waals surface area contributed by atoms with Gasteiger partial charge in [-0.1, -0.05) is 108 Å². The maximum Gasteiger partial charge on any atom is 0.472 e. The third-order valence-electron chi connectivity index (χ3n) is 8.14. The van der Waals surface area contributed by atoms with Crippen LogP contribution in [-0.4, -0.2) is 64.2 Å². The van der Waals surface area contributed by atoms with Crippen molar-refractivity contribution in [3.8, 4) is 0 Å². The zero-order chi connectivity index (χ0) is 33.6. The molecule has 14 nitrogen and oxygen atoms in total. The molecule has 0 aliphatic carbocycles. The Bertz CT molecular complexity index is 1190. The van der Waals surface area contributed by atoms with Crippen LogP contribution in [0.3, 0.4) is 0 Å². The van der Waals surface area contributed by atoms with Crippen LogP contribution in [-0.2, 0) is 23.1 Å². The topological polar surface area (TPSA) is 198 Å². The van der Waals surface area contributed by atoms with Crippen LogP contribution < -0.4 is 11.2 Å². The lowest BCUT2D eigenvalue weighted by Gasteiger charge is -2.19. The first-order valence-electron chi connectivity index (χ1n) is 17.1. The molecule has 1 aliphatic heterocycles. The highest BCUT2D eigenvalue weighted by Gasteiger charge is 2.38. The second-order valence-electron chi connectivity index (χ2n) is 12.2. The summed E-state index contributed by atoms with van der Waals surface area (Å²) in [7, 11) is -4.58. The minimum Gasteiger partial charge on any atom is -0.388 e. The number of aliphatic hydroxyl groups is 1.